The molecule has 98 valence electrons. The molecule has 0 aliphatic heterocycles. The van der Waals surface area contributed by atoms with Crippen LogP contribution in [0.25, 0.3) is 0 Å². The summed E-state index contributed by atoms with van der Waals surface area (Å²) in [4.78, 5) is 0. The van der Waals surface area contributed by atoms with Crippen LogP contribution in [0.1, 0.15) is 32.8 Å². The largest absolute Gasteiger partial charge is 0.377 e. The zero-order valence-corrected chi connectivity index (χ0v) is 11.4. The maximum Gasteiger partial charge on any atom is 0.127 e. The molecule has 0 radical (unpaired) electrons. The lowest BCUT2D eigenvalue weighted by Gasteiger charge is -2.24. The van der Waals surface area contributed by atoms with Gasteiger partial charge >= 0.3 is 0 Å². The highest BCUT2D eigenvalue weighted by atomic mass is 16.5. The average Bonchev–Trinajstić information content (AvgIpc) is 2.39. The highest BCUT2D eigenvalue weighted by Crippen LogP contribution is 2.19. The molecule has 0 bridgehead atoms. The summed E-state index contributed by atoms with van der Waals surface area (Å²) in [7, 11) is 0. The van der Waals surface area contributed by atoms with Crippen LogP contribution in [0.4, 0.5) is 0 Å². The zero-order chi connectivity index (χ0) is 13.4. The van der Waals surface area contributed by atoms with Crippen molar-refractivity contribution in [2.24, 2.45) is 5.92 Å². The Morgan fingerprint density at radius 1 is 1.28 bits per heavy atom. The second kappa shape index (κ2) is 7.20. The third kappa shape index (κ3) is 4.52. The highest BCUT2D eigenvalue weighted by molar-refractivity contribution is 5.16. The smallest absolute Gasteiger partial charge is 0.127 e. The van der Waals surface area contributed by atoms with Crippen LogP contribution >= 0.6 is 0 Å². The Bertz CT molecular complexity index is 400. The first-order valence-corrected chi connectivity index (χ1v) is 6.42. The van der Waals surface area contributed by atoms with Gasteiger partial charge in [0.1, 0.15) is 12.2 Å². The van der Waals surface area contributed by atoms with E-state index in [1.165, 1.54) is 0 Å². The van der Waals surface area contributed by atoms with Crippen LogP contribution < -0.4 is 0 Å². The number of hydrogen-bond donors (Lipinski definition) is 1. The molecule has 0 heterocycles. The molecule has 0 aromatic heterocycles. The summed E-state index contributed by atoms with van der Waals surface area (Å²) >= 11 is 0. The zero-order valence-electron chi connectivity index (χ0n) is 11.4. The van der Waals surface area contributed by atoms with Crippen molar-refractivity contribution in [2.45, 2.75) is 39.4 Å². The molecule has 0 saturated carbocycles. The number of benzene rings is 1. The Morgan fingerprint density at radius 3 is 2.50 bits per heavy atom. The summed E-state index contributed by atoms with van der Waals surface area (Å²) in [5.74, 6) is 5.95. The van der Waals surface area contributed by atoms with Crippen molar-refractivity contribution in [3.8, 4) is 11.8 Å². The minimum absolute atomic E-state index is 0.129. The van der Waals surface area contributed by atoms with Crippen LogP contribution in [-0.2, 0) is 11.3 Å². The lowest BCUT2D eigenvalue weighted by Crippen LogP contribution is -2.32. The Morgan fingerprint density at radius 2 is 1.94 bits per heavy atom. The van der Waals surface area contributed by atoms with Gasteiger partial charge in [-0.3, -0.25) is 0 Å². The summed E-state index contributed by atoms with van der Waals surface area (Å²) in [5, 5.41) is 10.2. The molecular weight excluding hydrogens is 224 g/mol. The molecular formula is C16H22O2. The van der Waals surface area contributed by atoms with E-state index in [0.717, 1.165) is 5.56 Å². The van der Waals surface area contributed by atoms with E-state index in [-0.39, 0.29) is 5.92 Å². The summed E-state index contributed by atoms with van der Waals surface area (Å²) in [5.41, 5.74) is 0.241. The Labute approximate surface area is 110 Å². The molecule has 0 aliphatic rings. The van der Waals surface area contributed by atoms with E-state index in [0.29, 0.717) is 19.6 Å². The van der Waals surface area contributed by atoms with E-state index in [4.69, 9.17) is 4.74 Å². The maximum absolute atomic E-state index is 10.2. The molecule has 1 aromatic carbocycles. The monoisotopic (exact) mass is 246 g/mol. The van der Waals surface area contributed by atoms with Gasteiger partial charge in [-0.05, 0) is 17.9 Å². The predicted octanol–water partition coefficient (Wildman–Crippen LogP) is 3.00. The van der Waals surface area contributed by atoms with Gasteiger partial charge < -0.3 is 9.84 Å². The Balaban J connectivity index is 2.38. The first kappa shape index (κ1) is 14.8. The third-order valence-corrected chi connectivity index (χ3v) is 3.08. The van der Waals surface area contributed by atoms with Gasteiger partial charge in [0, 0.05) is 0 Å². The standard InChI is InChI=1S/C16H22O2/c1-4-16(17,14(2)3)11-8-12-18-13-15-9-6-5-7-10-15/h5-7,9-10,14,17H,4,12-13H2,1-3H3. The molecule has 0 saturated heterocycles. The number of aliphatic hydroxyl groups is 1. The fraction of sp³-hybridized carbons (Fsp3) is 0.500. The Kier molecular flexibility index (Phi) is 5.91. The van der Waals surface area contributed by atoms with E-state index in [2.05, 4.69) is 11.8 Å². The van der Waals surface area contributed by atoms with E-state index in [1.807, 2.05) is 51.1 Å². The first-order chi connectivity index (χ1) is 8.58. The number of ether oxygens (including phenoxy) is 1. The van der Waals surface area contributed by atoms with Gasteiger partial charge in [0.15, 0.2) is 0 Å². The molecule has 1 aromatic rings. The fourth-order valence-electron chi connectivity index (χ4n) is 1.62. The SMILES string of the molecule is CCC(O)(C#CCOCc1ccccc1)C(C)C. The van der Waals surface area contributed by atoms with Gasteiger partial charge in [-0.2, -0.15) is 0 Å². The van der Waals surface area contributed by atoms with Gasteiger partial charge in [0.05, 0.1) is 6.61 Å². The van der Waals surface area contributed by atoms with E-state index >= 15 is 0 Å². The van der Waals surface area contributed by atoms with Crippen LogP contribution in [0.2, 0.25) is 0 Å². The van der Waals surface area contributed by atoms with E-state index < -0.39 is 5.60 Å². The Hall–Kier alpha value is -1.30. The number of rotatable bonds is 5. The molecule has 1 unspecified atom stereocenters. The second-order valence-corrected chi connectivity index (χ2v) is 4.71. The van der Waals surface area contributed by atoms with Crippen LogP contribution in [0.5, 0.6) is 0 Å². The lowest BCUT2D eigenvalue weighted by atomic mass is 9.88. The van der Waals surface area contributed by atoms with Gasteiger partial charge in [-0.1, -0.05) is 62.9 Å². The van der Waals surface area contributed by atoms with Crippen molar-refractivity contribution in [1.82, 2.24) is 0 Å². The van der Waals surface area contributed by atoms with E-state index in [1.54, 1.807) is 0 Å². The van der Waals surface area contributed by atoms with Gasteiger partial charge in [0.2, 0.25) is 0 Å². The number of hydrogen-bond acceptors (Lipinski definition) is 2. The molecule has 1 N–H and O–H groups in total. The van der Waals surface area contributed by atoms with Crippen molar-refractivity contribution in [2.75, 3.05) is 6.61 Å². The van der Waals surface area contributed by atoms with Crippen LogP contribution in [-0.4, -0.2) is 17.3 Å². The van der Waals surface area contributed by atoms with Crippen molar-refractivity contribution in [3.05, 3.63) is 35.9 Å². The average molecular weight is 246 g/mol. The maximum atomic E-state index is 10.2. The normalized spacial score (nSPS) is 13.8. The van der Waals surface area contributed by atoms with Crippen molar-refractivity contribution < 1.29 is 9.84 Å². The molecule has 2 nitrogen and oxygen atoms in total. The van der Waals surface area contributed by atoms with Crippen molar-refractivity contribution in [3.63, 3.8) is 0 Å². The molecule has 1 rings (SSSR count). The summed E-state index contributed by atoms with van der Waals surface area (Å²) in [6, 6.07) is 9.99. The minimum atomic E-state index is -0.893. The molecule has 0 spiro atoms. The summed E-state index contributed by atoms with van der Waals surface area (Å²) < 4.78 is 5.45. The predicted molar refractivity (Wildman–Crippen MR) is 74.0 cm³/mol. The molecule has 18 heavy (non-hydrogen) atoms. The van der Waals surface area contributed by atoms with Gasteiger partial charge in [-0.15, -0.1) is 0 Å². The fourth-order valence-corrected chi connectivity index (χ4v) is 1.62. The van der Waals surface area contributed by atoms with Crippen LogP contribution in [0.15, 0.2) is 30.3 Å². The molecule has 0 fully saturated rings. The molecule has 2 heteroatoms. The van der Waals surface area contributed by atoms with Crippen molar-refractivity contribution >= 4 is 0 Å². The minimum Gasteiger partial charge on any atom is -0.377 e. The topological polar surface area (TPSA) is 29.5 Å². The quantitative estimate of drug-likeness (QED) is 0.639. The molecule has 0 aliphatic carbocycles. The second-order valence-electron chi connectivity index (χ2n) is 4.71. The summed E-state index contributed by atoms with van der Waals surface area (Å²) in [6.45, 7) is 6.80. The highest BCUT2D eigenvalue weighted by Gasteiger charge is 2.25. The van der Waals surface area contributed by atoms with E-state index in [9.17, 15) is 5.11 Å². The first-order valence-electron chi connectivity index (χ1n) is 6.42. The van der Waals surface area contributed by atoms with Crippen molar-refractivity contribution in [1.29, 1.82) is 0 Å². The van der Waals surface area contributed by atoms with Gasteiger partial charge in [-0.25, -0.2) is 0 Å². The molecule has 0 amide bonds. The lowest BCUT2D eigenvalue weighted by molar-refractivity contribution is 0.0490. The van der Waals surface area contributed by atoms with Crippen LogP contribution in [0, 0.1) is 17.8 Å². The third-order valence-electron chi connectivity index (χ3n) is 3.08. The molecule has 1 atom stereocenters. The summed E-state index contributed by atoms with van der Waals surface area (Å²) in [6.07, 6.45) is 0.635. The van der Waals surface area contributed by atoms with Gasteiger partial charge in [0.25, 0.3) is 0 Å². The van der Waals surface area contributed by atoms with Crippen LogP contribution in [0.3, 0.4) is 0 Å².